The highest BCUT2D eigenvalue weighted by molar-refractivity contribution is 5.78. The molecule has 0 aromatic rings. The Morgan fingerprint density at radius 2 is 2.22 bits per heavy atom. The van der Waals surface area contributed by atoms with E-state index in [1.54, 1.807) is 0 Å². The molecule has 0 unspecified atom stereocenters. The lowest BCUT2D eigenvalue weighted by Crippen LogP contribution is -2.26. The van der Waals surface area contributed by atoms with E-state index in [1.807, 2.05) is 0 Å². The zero-order chi connectivity index (χ0) is 7.49. The van der Waals surface area contributed by atoms with E-state index in [-0.39, 0.29) is 0 Å². The summed E-state index contributed by atoms with van der Waals surface area (Å²) in [5.41, 5.74) is -1.92. The molecule has 9 heavy (non-hydrogen) atoms. The molecule has 0 aromatic carbocycles. The molecular weight excluding hydrogens is 123 g/mol. The van der Waals surface area contributed by atoms with Crippen molar-refractivity contribution in [2.24, 2.45) is 0 Å². The quantitative estimate of drug-likeness (QED) is 0.419. The minimum atomic E-state index is -1.92. The Labute approximate surface area is 53.3 Å². The predicted octanol–water partition coefficient (Wildman–Crippen LogP) is 1.42. The van der Waals surface area contributed by atoms with Crippen LogP contribution in [0.1, 0.15) is 13.8 Å². The molecule has 2 nitrogen and oxygen atoms in total. The van der Waals surface area contributed by atoms with Crippen molar-refractivity contribution in [1.82, 2.24) is 0 Å². The number of carbonyl (C=O) groups is 1. The fraction of sp³-hybridized carbons (Fsp3) is 0.500. The Kier molecular flexibility index (Phi) is 2.37. The van der Waals surface area contributed by atoms with Gasteiger partial charge in [0, 0.05) is 0 Å². The number of hydrogen-bond donors (Lipinski definition) is 0. The third kappa shape index (κ3) is 2.85. The van der Waals surface area contributed by atoms with Crippen molar-refractivity contribution in [3.8, 4) is 0 Å². The van der Waals surface area contributed by atoms with Gasteiger partial charge in [-0.15, -0.1) is 0 Å². The number of alkyl halides is 1. The van der Waals surface area contributed by atoms with E-state index in [2.05, 4.69) is 11.3 Å². The van der Waals surface area contributed by atoms with Gasteiger partial charge in [0.1, 0.15) is 0 Å². The van der Waals surface area contributed by atoms with Gasteiger partial charge in [-0.3, -0.25) is 0 Å². The lowest BCUT2D eigenvalue weighted by molar-refractivity contribution is -0.149. The molecule has 0 spiro atoms. The first-order valence-electron chi connectivity index (χ1n) is 2.49. The number of halogens is 1. The molecule has 0 amide bonds. The van der Waals surface area contributed by atoms with Crippen molar-refractivity contribution in [2.75, 3.05) is 0 Å². The summed E-state index contributed by atoms with van der Waals surface area (Å²) >= 11 is 0. The molecule has 0 atom stereocenters. The standard InChI is InChI=1S/C6H9FO2/c1-4-9-5(8)6(2,3)7/h4H,1H2,2-3H3. The van der Waals surface area contributed by atoms with Crippen molar-refractivity contribution >= 4 is 5.97 Å². The van der Waals surface area contributed by atoms with E-state index in [0.717, 1.165) is 20.1 Å². The van der Waals surface area contributed by atoms with Gasteiger partial charge in [-0.2, -0.15) is 0 Å². The van der Waals surface area contributed by atoms with Crippen LogP contribution in [-0.2, 0) is 9.53 Å². The Morgan fingerprint density at radius 3 is 2.33 bits per heavy atom. The maximum atomic E-state index is 12.4. The first-order valence-corrected chi connectivity index (χ1v) is 2.49. The average Bonchev–Trinajstić information content (AvgIpc) is 1.64. The summed E-state index contributed by atoms with van der Waals surface area (Å²) in [4.78, 5) is 10.4. The smallest absolute Gasteiger partial charge is 0.348 e. The van der Waals surface area contributed by atoms with Crippen LogP contribution < -0.4 is 0 Å². The lowest BCUT2D eigenvalue weighted by atomic mass is 10.2. The summed E-state index contributed by atoms with van der Waals surface area (Å²) in [7, 11) is 0. The second-order valence-electron chi connectivity index (χ2n) is 2.04. The van der Waals surface area contributed by atoms with Crippen molar-refractivity contribution in [3.63, 3.8) is 0 Å². The zero-order valence-corrected chi connectivity index (χ0v) is 5.48. The second-order valence-corrected chi connectivity index (χ2v) is 2.04. The van der Waals surface area contributed by atoms with Gasteiger partial charge in [-0.1, -0.05) is 6.58 Å². The van der Waals surface area contributed by atoms with Crippen LogP contribution in [-0.4, -0.2) is 11.6 Å². The van der Waals surface area contributed by atoms with E-state index >= 15 is 0 Å². The first-order chi connectivity index (χ1) is 3.98. The molecule has 52 valence electrons. The highest BCUT2D eigenvalue weighted by atomic mass is 19.1. The summed E-state index contributed by atoms with van der Waals surface area (Å²) in [6, 6.07) is 0. The van der Waals surface area contributed by atoms with Crippen LogP contribution in [0, 0.1) is 0 Å². The lowest BCUT2D eigenvalue weighted by Gasteiger charge is -2.09. The maximum Gasteiger partial charge on any atom is 0.348 e. The molecular formula is C6H9FO2. The van der Waals surface area contributed by atoms with Gasteiger partial charge < -0.3 is 4.74 Å². The normalized spacial score (nSPS) is 10.6. The highest BCUT2D eigenvalue weighted by Gasteiger charge is 2.27. The summed E-state index contributed by atoms with van der Waals surface area (Å²) in [5, 5.41) is 0. The highest BCUT2D eigenvalue weighted by Crippen LogP contribution is 2.09. The van der Waals surface area contributed by atoms with E-state index in [4.69, 9.17) is 0 Å². The molecule has 0 saturated heterocycles. The molecule has 0 aliphatic rings. The fourth-order valence-electron chi connectivity index (χ4n) is 0.216. The number of esters is 1. The first kappa shape index (κ1) is 8.14. The van der Waals surface area contributed by atoms with Gasteiger partial charge in [0.15, 0.2) is 0 Å². The summed E-state index contributed by atoms with van der Waals surface area (Å²) in [6.07, 6.45) is 0.906. The maximum absolute atomic E-state index is 12.4. The largest absolute Gasteiger partial charge is 0.433 e. The molecule has 3 heteroatoms. The molecule has 0 bridgehead atoms. The Balaban J connectivity index is 3.88. The number of carbonyl (C=O) groups excluding carboxylic acids is 1. The van der Waals surface area contributed by atoms with E-state index in [9.17, 15) is 9.18 Å². The van der Waals surface area contributed by atoms with Gasteiger partial charge in [-0.05, 0) is 13.8 Å². The van der Waals surface area contributed by atoms with Gasteiger partial charge in [-0.25, -0.2) is 9.18 Å². The molecule has 0 saturated carbocycles. The molecule has 0 fully saturated rings. The minimum Gasteiger partial charge on any atom is -0.433 e. The molecule has 0 N–H and O–H groups in total. The van der Waals surface area contributed by atoms with Crippen LogP contribution in [0.25, 0.3) is 0 Å². The van der Waals surface area contributed by atoms with Crippen LogP contribution in [0.5, 0.6) is 0 Å². The van der Waals surface area contributed by atoms with E-state index in [1.165, 1.54) is 0 Å². The molecule has 0 heterocycles. The van der Waals surface area contributed by atoms with Gasteiger partial charge in [0.05, 0.1) is 6.26 Å². The van der Waals surface area contributed by atoms with Crippen LogP contribution in [0.2, 0.25) is 0 Å². The SMILES string of the molecule is C=COC(=O)C(C)(C)F. The third-order valence-corrected chi connectivity index (χ3v) is 0.676. The summed E-state index contributed by atoms with van der Waals surface area (Å²) in [6.45, 7) is 5.35. The number of hydrogen-bond acceptors (Lipinski definition) is 2. The Morgan fingerprint density at radius 1 is 1.78 bits per heavy atom. The third-order valence-electron chi connectivity index (χ3n) is 0.676. The minimum absolute atomic E-state index is 0.906. The monoisotopic (exact) mass is 132 g/mol. The second kappa shape index (κ2) is 2.62. The average molecular weight is 132 g/mol. The molecule has 0 aromatic heterocycles. The van der Waals surface area contributed by atoms with Crippen LogP contribution in [0.3, 0.4) is 0 Å². The van der Waals surface area contributed by atoms with E-state index in [0.29, 0.717) is 0 Å². The van der Waals surface area contributed by atoms with Crippen LogP contribution in [0.15, 0.2) is 12.8 Å². The molecule has 0 radical (unpaired) electrons. The predicted molar refractivity (Wildman–Crippen MR) is 31.5 cm³/mol. The van der Waals surface area contributed by atoms with Crippen molar-refractivity contribution < 1.29 is 13.9 Å². The Hall–Kier alpha value is -0.860. The van der Waals surface area contributed by atoms with Crippen molar-refractivity contribution in [2.45, 2.75) is 19.5 Å². The zero-order valence-electron chi connectivity index (χ0n) is 5.48. The van der Waals surface area contributed by atoms with Gasteiger partial charge in [0.2, 0.25) is 5.67 Å². The molecule has 0 aliphatic carbocycles. The number of rotatable bonds is 2. The fourth-order valence-corrected chi connectivity index (χ4v) is 0.216. The van der Waals surface area contributed by atoms with Gasteiger partial charge in [0.25, 0.3) is 0 Å². The van der Waals surface area contributed by atoms with E-state index < -0.39 is 11.6 Å². The van der Waals surface area contributed by atoms with Crippen LogP contribution in [0.4, 0.5) is 4.39 Å². The van der Waals surface area contributed by atoms with Gasteiger partial charge >= 0.3 is 5.97 Å². The molecule has 0 rings (SSSR count). The summed E-state index contributed by atoms with van der Waals surface area (Å²) < 4.78 is 16.6. The Bertz CT molecular complexity index is 124. The summed E-state index contributed by atoms with van der Waals surface area (Å²) in [5.74, 6) is -0.919. The number of ether oxygens (including phenoxy) is 1. The van der Waals surface area contributed by atoms with Crippen molar-refractivity contribution in [3.05, 3.63) is 12.8 Å². The topological polar surface area (TPSA) is 26.3 Å². The van der Waals surface area contributed by atoms with Crippen LogP contribution >= 0.6 is 0 Å². The van der Waals surface area contributed by atoms with Crippen molar-refractivity contribution in [1.29, 1.82) is 0 Å². The molecule has 0 aliphatic heterocycles.